The van der Waals surface area contributed by atoms with E-state index in [2.05, 4.69) is 11.9 Å². The van der Waals surface area contributed by atoms with Gasteiger partial charge in [-0.25, -0.2) is 13.4 Å². The molecule has 7 heteroatoms. The second kappa shape index (κ2) is 7.97. The van der Waals surface area contributed by atoms with Gasteiger partial charge in [-0.15, -0.1) is 0 Å². The van der Waals surface area contributed by atoms with Crippen LogP contribution in [0.4, 0.5) is 0 Å². The first-order valence-electron chi connectivity index (χ1n) is 9.25. The Morgan fingerprint density at radius 3 is 2.75 bits per heavy atom. The van der Waals surface area contributed by atoms with Crippen molar-refractivity contribution in [2.45, 2.75) is 70.1 Å². The molecule has 0 atom stereocenters. The topological polar surface area (TPSA) is 64.4 Å². The number of rotatable bonds is 8. The molecule has 2 fully saturated rings. The van der Waals surface area contributed by atoms with E-state index in [0.29, 0.717) is 19.0 Å². The van der Waals surface area contributed by atoms with E-state index in [-0.39, 0.29) is 10.9 Å². The lowest BCUT2D eigenvalue weighted by Gasteiger charge is -2.27. The molecule has 1 aromatic rings. The number of sulfone groups is 1. The summed E-state index contributed by atoms with van der Waals surface area (Å²) in [5.41, 5.74) is 0.942. The van der Waals surface area contributed by atoms with Gasteiger partial charge in [0.2, 0.25) is 15.0 Å². The molecular formula is C17H29N3O3S. The third-order valence-corrected chi connectivity index (χ3v) is 6.80. The van der Waals surface area contributed by atoms with Gasteiger partial charge in [-0.05, 0) is 38.0 Å². The summed E-state index contributed by atoms with van der Waals surface area (Å²) in [5, 5.41) is 2.19. The van der Waals surface area contributed by atoms with E-state index in [1.807, 2.05) is 9.63 Å². The molecule has 6 nitrogen and oxygen atoms in total. The summed E-state index contributed by atoms with van der Waals surface area (Å²) in [4.78, 5) is 9.98. The van der Waals surface area contributed by atoms with Crippen LogP contribution in [-0.4, -0.2) is 41.9 Å². The second-order valence-electron chi connectivity index (χ2n) is 7.02. The van der Waals surface area contributed by atoms with Crippen molar-refractivity contribution in [1.29, 1.82) is 0 Å². The van der Waals surface area contributed by atoms with Gasteiger partial charge >= 0.3 is 0 Å². The van der Waals surface area contributed by atoms with Crippen LogP contribution in [-0.2, 0) is 27.8 Å². The van der Waals surface area contributed by atoms with Crippen LogP contribution >= 0.6 is 0 Å². The lowest BCUT2D eigenvalue weighted by Crippen LogP contribution is -2.31. The lowest BCUT2D eigenvalue weighted by molar-refractivity contribution is -0.188. The smallest absolute Gasteiger partial charge is 0.227 e. The number of aromatic nitrogens is 2. The molecule has 1 aliphatic heterocycles. The standard InChI is InChI=1S/C17H29N3O3S/c1-2-3-10-20-16(13-19-9-4-5-11-23-19)12-18-17(20)24(21,22)14-15-7-6-8-15/h12,15H,2-11,13-14H2,1H3. The fourth-order valence-corrected chi connectivity index (χ4v) is 5.18. The largest absolute Gasteiger partial charge is 0.318 e. The SMILES string of the molecule is CCCCn1c(CN2CCCCO2)cnc1S(=O)(=O)CC1CCC1. The van der Waals surface area contributed by atoms with E-state index in [1.54, 1.807) is 6.20 Å². The highest BCUT2D eigenvalue weighted by Gasteiger charge is 2.30. The van der Waals surface area contributed by atoms with Crippen LogP contribution in [0.5, 0.6) is 0 Å². The van der Waals surface area contributed by atoms with Crippen molar-refractivity contribution in [1.82, 2.24) is 14.6 Å². The van der Waals surface area contributed by atoms with Gasteiger partial charge in [-0.3, -0.25) is 4.84 Å². The molecule has 24 heavy (non-hydrogen) atoms. The summed E-state index contributed by atoms with van der Waals surface area (Å²) in [7, 11) is -3.31. The van der Waals surface area contributed by atoms with Crippen molar-refractivity contribution < 1.29 is 13.3 Å². The molecule has 3 rings (SSSR count). The highest BCUT2D eigenvalue weighted by atomic mass is 32.2. The molecule has 1 saturated heterocycles. The Balaban J connectivity index is 1.79. The number of unbranched alkanes of at least 4 members (excludes halogenated alkanes) is 1. The Morgan fingerprint density at radius 1 is 1.29 bits per heavy atom. The highest BCUT2D eigenvalue weighted by Crippen LogP contribution is 2.30. The predicted octanol–water partition coefficient (Wildman–Crippen LogP) is 2.78. The van der Waals surface area contributed by atoms with Gasteiger partial charge in [0.1, 0.15) is 0 Å². The van der Waals surface area contributed by atoms with Gasteiger partial charge in [0.25, 0.3) is 0 Å². The average molecular weight is 356 g/mol. The van der Waals surface area contributed by atoms with E-state index in [0.717, 1.165) is 63.8 Å². The van der Waals surface area contributed by atoms with Crippen LogP contribution in [0.15, 0.2) is 11.4 Å². The summed E-state index contributed by atoms with van der Waals surface area (Å²) in [6.45, 7) is 5.07. The summed E-state index contributed by atoms with van der Waals surface area (Å²) in [5.74, 6) is 0.565. The molecular weight excluding hydrogens is 326 g/mol. The maximum atomic E-state index is 12.8. The lowest BCUT2D eigenvalue weighted by atomic mass is 9.87. The molecule has 136 valence electrons. The van der Waals surface area contributed by atoms with Gasteiger partial charge < -0.3 is 4.57 Å². The predicted molar refractivity (Wildman–Crippen MR) is 92.1 cm³/mol. The normalized spacial score (nSPS) is 20.2. The molecule has 0 amide bonds. The van der Waals surface area contributed by atoms with E-state index in [9.17, 15) is 8.42 Å². The molecule has 1 aliphatic carbocycles. The number of hydrogen-bond acceptors (Lipinski definition) is 5. The van der Waals surface area contributed by atoms with Crippen LogP contribution < -0.4 is 0 Å². The third kappa shape index (κ3) is 4.18. The maximum absolute atomic E-state index is 12.8. The zero-order valence-electron chi connectivity index (χ0n) is 14.6. The van der Waals surface area contributed by atoms with Crippen molar-refractivity contribution in [2.75, 3.05) is 18.9 Å². The summed E-state index contributed by atoms with van der Waals surface area (Å²) in [6, 6.07) is 0. The van der Waals surface area contributed by atoms with Crippen LogP contribution in [0.25, 0.3) is 0 Å². The fourth-order valence-electron chi connectivity index (χ4n) is 3.32. The fraction of sp³-hybridized carbons (Fsp3) is 0.824. The van der Waals surface area contributed by atoms with E-state index < -0.39 is 9.84 Å². The summed E-state index contributed by atoms with van der Waals surface area (Å²) < 4.78 is 27.5. The minimum Gasteiger partial charge on any atom is -0.318 e. The van der Waals surface area contributed by atoms with Crippen LogP contribution in [0.1, 0.15) is 57.6 Å². The maximum Gasteiger partial charge on any atom is 0.227 e. The van der Waals surface area contributed by atoms with Crippen LogP contribution in [0.2, 0.25) is 0 Å². The minimum absolute atomic E-state index is 0.246. The van der Waals surface area contributed by atoms with Crippen molar-refractivity contribution in [2.24, 2.45) is 5.92 Å². The molecule has 0 aromatic carbocycles. The summed E-state index contributed by atoms with van der Waals surface area (Å²) >= 11 is 0. The van der Waals surface area contributed by atoms with E-state index in [1.165, 1.54) is 0 Å². The van der Waals surface area contributed by atoms with Gasteiger partial charge in [-0.2, -0.15) is 5.06 Å². The van der Waals surface area contributed by atoms with Crippen molar-refractivity contribution in [3.8, 4) is 0 Å². The number of hydrogen-bond donors (Lipinski definition) is 0. The molecule has 0 spiro atoms. The third-order valence-electron chi connectivity index (χ3n) is 5.01. The average Bonchev–Trinajstić information content (AvgIpc) is 2.94. The molecule has 1 saturated carbocycles. The van der Waals surface area contributed by atoms with Gasteiger partial charge in [-0.1, -0.05) is 19.8 Å². The molecule has 2 aliphatic rings. The van der Waals surface area contributed by atoms with Gasteiger partial charge in [0.15, 0.2) is 0 Å². The Hall–Kier alpha value is -0.920. The highest BCUT2D eigenvalue weighted by molar-refractivity contribution is 7.91. The van der Waals surface area contributed by atoms with Gasteiger partial charge in [0.05, 0.1) is 30.8 Å². The number of imidazole rings is 1. The zero-order valence-corrected chi connectivity index (χ0v) is 15.4. The quantitative estimate of drug-likeness (QED) is 0.717. The van der Waals surface area contributed by atoms with E-state index in [4.69, 9.17) is 4.84 Å². The molecule has 0 radical (unpaired) electrons. The molecule has 1 aromatic heterocycles. The first-order chi connectivity index (χ1) is 11.6. The number of nitrogens with zero attached hydrogens (tertiary/aromatic N) is 3. The monoisotopic (exact) mass is 355 g/mol. The van der Waals surface area contributed by atoms with Crippen LogP contribution in [0.3, 0.4) is 0 Å². The first-order valence-corrected chi connectivity index (χ1v) is 10.9. The van der Waals surface area contributed by atoms with Crippen molar-refractivity contribution in [3.05, 3.63) is 11.9 Å². The van der Waals surface area contributed by atoms with Crippen LogP contribution in [0, 0.1) is 5.92 Å². The Labute approximate surface area is 145 Å². The van der Waals surface area contributed by atoms with Gasteiger partial charge in [0, 0.05) is 13.1 Å². The molecule has 0 unspecified atom stereocenters. The Morgan fingerprint density at radius 2 is 2.12 bits per heavy atom. The number of hydroxylamine groups is 2. The zero-order chi connectivity index (χ0) is 17.0. The second-order valence-corrected chi connectivity index (χ2v) is 8.95. The van der Waals surface area contributed by atoms with Crippen molar-refractivity contribution in [3.63, 3.8) is 0 Å². The Kier molecular flexibility index (Phi) is 5.94. The Bertz CT molecular complexity index is 632. The first kappa shape index (κ1) is 17.9. The van der Waals surface area contributed by atoms with E-state index >= 15 is 0 Å². The summed E-state index contributed by atoms with van der Waals surface area (Å²) in [6.07, 6.45) is 9.13. The minimum atomic E-state index is -3.31. The molecule has 0 N–H and O–H groups in total. The van der Waals surface area contributed by atoms with Crippen molar-refractivity contribution >= 4 is 9.84 Å². The molecule has 0 bridgehead atoms. The molecule has 2 heterocycles.